The lowest BCUT2D eigenvalue weighted by molar-refractivity contribution is 0.426. The first-order valence-corrected chi connectivity index (χ1v) is 8.68. The predicted octanol–water partition coefficient (Wildman–Crippen LogP) is 2.33. The highest BCUT2D eigenvalue weighted by Gasteiger charge is 2.27. The molecule has 2 aliphatic heterocycles. The molecule has 2 rings (SSSR count). The minimum Gasteiger partial charge on any atom is -0.372 e. The van der Waals surface area contributed by atoms with E-state index in [1.165, 1.54) is 23.0 Å². The summed E-state index contributed by atoms with van der Waals surface area (Å²) in [5, 5.41) is 0. The molecule has 88 valence electrons. The van der Waals surface area contributed by atoms with E-state index in [4.69, 9.17) is 9.47 Å². The summed E-state index contributed by atoms with van der Waals surface area (Å²) in [6, 6.07) is 0. The zero-order chi connectivity index (χ0) is 10.5. The van der Waals surface area contributed by atoms with Gasteiger partial charge in [-0.3, -0.25) is 0 Å². The standard InChI is InChI=1S/C10H18O2S3/c1-2-13-7-10(14-5-8-3-11-8)15-6-9-4-12-9/h8-10H,2-7H2,1H3. The van der Waals surface area contributed by atoms with Crippen molar-refractivity contribution in [3.05, 3.63) is 0 Å². The molecule has 2 fully saturated rings. The van der Waals surface area contributed by atoms with Gasteiger partial charge in [0.15, 0.2) is 0 Å². The largest absolute Gasteiger partial charge is 0.372 e. The van der Waals surface area contributed by atoms with Gasteiger partial charge in [-0.05, 0) is 5.75 Å². The van der Waals surface area contributed by atoms with E-state index >= 15 is 0 Å². The molecule has 2 aliphatic rings. The van der Waals surface area contributed by atoms with Crippen molar-refractivity contribution in [3.63, 3.8) is 0 Å². The third-order valence-electron chi connectivity index (χ3n) is 2.20. The highest BCUT2D eigenvalue weighted by Crippen LogP contribution is 2.32. The van der Waals surface area contributed by atoms with Crippen molar-refractivity contribution in [1.82, 2.24) is 0 Å². The topological polar surface area (TPSA) is 25.1 Å². The van der Waals surface area contributed by atoms with E-state index in [2.05, 4.69) is 30.4 Å². The summed E-state index contributed by atoms with van der Waals surface area (Å²) in [6.45, 7) is 4.19. The zero-order valence-electron chi connectivity index (χ0n) is 9.02. The van der Waals surface area contributed by atoms with Crippen LogP contribution in [0.3, 0.4) is 0 Å². The lowest BCUT2D eigenvalue weighted by Crippen LogP contribution is -2.07. The molecule has 0 spiro atoms. The SMILES string of the molecule is CCSCC(SCC1CO1)SCC1CO1. The molecular formula is C10H18O2S3. The molecule has 2 atom stereocenters. The molecule has 0 aromatic rings. The van der Waals surface area contributed by atoms with Crippen LogP contribution < -0.4 is 0 Å². The van der Waals surface area contributed by atoms with Crippen molar-refractivity contribution in [3.8, 4) is 0 Å². The highest BCUT2D eigenvalue weighted by atomic mass is 32.2. The Morgan fingerprint density at radius 2 is 1.67 bits per heavy atom. The number of ether oxygens (including phenoxy) is 2. The summed E-state index contributed by atoms with van der Waals surface area (Å²) in [4.78, 5) is 0. The van der Waals surface area contributed by atoms with Crippen molar-refractivity contribution < 1.29 is 9.47 Å². The lowest BCUT2D eigenvalue weighted by atomic mass is 10.6. The van der Waals surface area contributed by atoms with Crippen LogP contribution >= 0.6 is 35.3 Å². The number of rotatable bonds is 9. The first-order valence-electron chi connectivity index (χ1n) is 5.42. The molecule has 0 bridgehead atoms. The molecule has 0 aliphatic carbocycles. The second kappa shape index (κ2) is 6.64. The maximum atomic E-state index is 5.24. The van der Waals surface area contributed by atoms with Crippen LogP contribution in [0.2, 0.25) is 0 Å². The van der Waals surface area contributed by atoms with Gasteiger partial charge in [0.2, 0.25) is 0 Å². The first-order chi connectivity index (χ1) is 7.38. The van der Waals surface area contributed by atoms with E-state index in [1.807, 2.05) is 11.8 Å². The van der Waals surface area contributed by atoms with Gasteiger partial charge in [0.1, 0.15) is 0 Å². The average Bonchev–Trinajstić information content (AvgIpc) is 3.11. The van der Waals surface area contributed by atoms with Crippen molar-refractivity contribution in [2.24, 2.45) is 0 Å². The summed E-state index contributed by atoms with van der Waals surface area (Å²) < 4.78 is 11.2. The maximum Gasteiger partial charge on any atom is 0.0900 e. The fourth-order valence-electron chi connectivity index (χ4n) is 1.12. The summed E-state index contributed by atoms with van der Waals surface area (Å²) >= 11 is 6.16. The Balaban J connectivity index is 1.57. The fraction of sp³-hybridized carbons (Fsp3) is 1.00. The third kappa shape index (κ3) is 5.73. The first kappa shape index (κ1) is 12.4. The predicted molar refractivity (Wildman–Crippen MR) is 71.2 cm³/mol. The third-order valence-corrected chi connectivity index (χ3v) is 6.62. The monoisotopic (exact) mass is 266 g/mol. The molecule has 0 aromatic heterocycles. The van der Waals surface area contributed by atoms with Gasteiger partial charge in [0.05, 0.1) is 30.0 Å². The average molecular weight is 266 g/mol. The Hall–Kier alpha value is 0.970. The van der Waals surface area contributed by atoms with E-state index < -0.39 is 0 Å². The molecule has 2 saturated heterocycles. The van der Waals surface area contributed by atoms with Crippen molar-refractivity contribution in [1.29, 1.82) is 0 Å². The van der Waals surface area contributed by atoms with Crippen LogP contribution in [-0.4, -0.2) is 53.0 Å². The second-order valence-corrected chi connectivity index (χ2v) is 7.76. The van der Waals surface area contributed by atoms with Crippen LogP contribution in [0.1, 0.15) is 6.92 Å². The van der Waals surface area contributed by atoms with Gasteiger partial charge in [-0.2, -0.15) is 11.8 Å². The zero-order valence-corrected chi connectivity index (χ0v) is 11.5. The van der Waals surface area contributed by atoms with E-state index in [1.54, 1.807) is 0 Å². The maximum absolute atomic E-state index is 5.24. The highest BCUT2D eigenvalue weighted by molar-refractivity contribution is 8.18. The minimum absolute atomic E-state index is 0.557. The van der Waals surface area contributed by atoms with Gasteiger partial charge in [0, 0.05) is 17.3 Å². The minimum atomic E-state index is 0.557. The second-order valence-electron chi connectivity index (χ2n) is 3.67. The summed E-state index contributed by atoms with van der Waals surface area (Å²) in [5.41, 5.74) is 0. The Labute approximate surface area is 105 Å². The van der Waals surface area contributed by atoms with Crippen LogP contribution in [0, 0.1) is 0 Å². The van der Waals surface area contributed by atoms with Crippen LogP contribution in [0.5, 0.6) is 0 Å². The Morgan fingerprint density at radius 3 is 2.07 bits per heavy atom. The normalized spacial score (nSPS) is 30.2. The van der Waals surface area contributed by atoms with Gasteiger partial charge >= 0.3 is 0 Å². The Kier molecular flexibility index (Phi) is 5.50. The van der Waals surface area contributed by atoms with Crippen LogP contribution in [0.15, 0.2) is 0 Å². The van der Waals surface area contributed by atoms with Crippen molar-refractivity contribution in [2.75, 3.05) is 36.2 Å². The summed E-state index contributed by atoms with van der Waals surface area (Å²) in [5.74, 6) is 4.82. The van der Waals surface area contributed by atoms with Crippen LogP contribution in [-0.2, 0) is 9.47 Å². The molecule has 15 heavy (non-hydrogen) atoms. The number of epoxide rings is 2. The number of hydrogen-bond donors (Lipinski definition) is 0. The molecule has 0 amide bonds. The van der Waals surface area contributed by atoms with E-state index in [0.29, 0.717) is 12.2 Å². The van der Waals surface area contributed by atoms with Gasteiger partial charge in [-0.15, -0.1) is 23.5 Å². The van der Waals surface area contributed by atoms with Crippen LogP contribution in [0.4, 0.5) is 0 Å². The molecular weight excluding hydrogens is 248 g/mol. The van der Waals surface area contributed by atoms with E-state index in [-0.39, 0.29) is 0 Å². The summed E-state index contributed by atoms with van der Waals surface area (Å²) in [7, 11) is 0. The fourth-order valence-corrected chi connectivity index (χ4v) is 4.99. The van der Waals surface area contributed by atoms with Gasteiger partial charge in [0.25, 0.3) is 0 Å². The number of thioether (sulfide) groups is 3. The quantitative estimate of drug-likeness (QED) is 0.471. The Bertz CT molecular complexity index is 168. The Morgan fingerprint density at radius 1 is 1.13 bits per heavy atom. The molecule has 2 nitrogen and oxygen atoms in total. The van der Waals surface area contributed by atoms with E-state index in [0.717, 1.165) is 17.8 Å². The van der Waals surface area contributed by atoms with E-state index in [9.17, 15) is 0 Å². The molecule has 2 heterocycles. The molecule has 0 radical (unpaired) electrons. The smallest absolute Gasteiger partial charge is 0.0900 e. The van der Waals surface area contributed by atoms with Crippen LogP contribution in [0.25, 0.3) is 0 Å². The van der Waals surface area contributed by atoms with Crippen molar-refractivity contribution >= 4 is 35.3 Å². The lowest BCUT2D eigenvalue weighted by Gasteiger charge is -2.14. The van der Waals surface area contributed by atoms with Gasteiger partial charge in [-0.25, -0.2) is 0 Å². The van der Waals surface area contributed by atoms with Gasteiger partial charge < -0.3 is 9.47 Å². The molecule has 0 saturated carbocycles. The summed E-state index contributed by atoms with van der Waals surface area (Å²) in [6.07, 6.45) is 1.11. The molecule has 5 heteroatoms. The number of hydrogen-bond acceptors (Lipinski definition) is 5. The molecule has 0 aromatic carbocycles. The molecule has 2 unspecified atom stereocenters. The molecule has 0 N–H and O–H groups in total. The van der Waals surface area contributed by atoms with Crippen molar-refractivity contribution in [2.45, 2.75) is 23.7 Å². The van der Waals surface area contributed by atoms with Gasteiger partial charge in [-0.1, -0.05) is 6.92 Å².